The van der Waals surface area contributed by atoms with Crippen LogP contribution in [0.25, 0.3) is 0 Å². The number of hydrogen-bond donors (Lipinski definition) is 1. The molecule has 0 saturated heterocycles. The van der Waals surface area contributed by atoms with E-state index >= 15 is 0 Å². The van der Waals surface area contributed by atoms with Crippen LogP contribution in [0.15, 0.2) is 0 Å². The fraction of sp³-hybridized carbons (Fsp3) is 0.571. The summed E-state index contributed by atoms with van der Waals surface area (Å²) in [5, 5.41) is 2.55. The van der Waals surface area contributed by atoms with Crippen LogP contribution < -0.4 is 5.32 Å². The fourth-order valence-electron chi connectivity index (χ4n) is 0.469. The van der Waals surface area contributed by atoms with E-state index in [4.69, 9.17) is 0 Å². The molecule has 0 aromatic heterocycles. The molecule has 0 spiro atoms. The van der Waals surface area contributed by atoms with Gasteiger partial charge in [0.25, 0.3) is 0 Å². The van der Waals surface area contributed by atoms with E-state index < -0.39 is 6.09 Å². The van der Waals surface area contributed by atoms with Crippen molar-refractivity contribution in [1.82, 2.24) is 5.32 Å². The Kier molecular flexibility index (Phi) is 7.36. The van der Waals surface area contributed by atoms with Gasteiger partial charge in [-0.3, -0.25) is 0 Å². The molecule has 0 aliphatic rings. The van der Waals surface area contributed by atoms with Crippen LogP contribution in [0.2, 0.25) is 0 Å². The van der Waals surface area contributed by atoms with Gasteiger partial charge in [0.05, 0.1) is 0 Å². The Morgan fingerprint density at radius 3 is 3.00 bits per heavy atom. The first kappa shape index (κ1) is 10.6. The van der Waals surface area contributed by atoms with Crippen LogP contribution in [-0.2, 0) is 4.74 Å². The standard InChI is InChI=1S/C7H10INO2/c1-2-3-5-9-7(10)11-6-4-8/h2-3,5H2,1H3,(H,9,10). The second-order valence-electron chi connectivity index (χ2n) is 1.87. The first-order valence-corrected chi connectivity index (χ1v) is 4.44. The maximum atomic E-state index is 10.6. The first-order valence-electron chi connectivity index (χ1n) is 3.36. The van der Waals surface area contributed by atoms with Crippen molar-refractivity contribution in [2.75, 3.05) is 6.54 Å². The predicted octanol–water partition coefficient (Wildman–Crippen LogP) is 1.87. The molecule has 0 saturated carbocycles. The molecular weight excluding hydrogens is 257 g/mol. The lowest BCUT2D eigenvalue weighted by molar-refractivity contribution is 0.192. The van der Waals surface area contributed by atoms with Gasteiger partial charge in [0.1, 0.15) is 6.11 Å². The van der Waals surface area contributed by atoms with Gasteiger partial charge in [-0.05, 0) is 6.42 Å². The molecule has 0 aliphatic carbocycles. The second-order valence-corrected chi connectivity index (χ2v) is 2.41. The number of hydrogen-bond acceptors (Lipinski definition) is 2. The molecule has 0 unspecified atom stereocenters. The van der Waals surface area contributed by atoms with Crippen LogP contribution in [0, 0.1) is 10.0 Å². The molecule has 4 heteroatoms. The zero-order valence-corrected chi connectivity index (χ0v) is 8.47. The van der Waals surface area contributed by atoms with Gasteiger partial charge < -0.3 is 10.1 Å². The third-order valence-electron chi connectivity index (χ3n) is 0.982. The van der Waals surface area contributed by atoms with Crippen molar-refractivity contribution in [3.63, 3.8) is 0 Å². The number of carbonyl (C=O) groups excluding carboxylic acids is 1. The summed E-state index contributed by atoms with van der Waals surface area (Å²) in [7, 11) is 0. The zero-order valence-electron chi connectivity index (χ0n) is 6.32. The van der Waals surface area contributed by atoms with Crippen molar-refractivity contribution < 1.29 is 9.53 Å². The van der Waals surface area contributed by atoms with E-state index in [-0.39, 0.29) is 0 Å². The van der Waals surface area contributed by atoms with Crippen molar-refractivity contribution in [2.24, 2.45) is 0 Å². The Morgan fingerprint density at radius 1 is 1.73 bits per heavy atom. The number of carbonyl (C=O) groups is 1. The average molecular weight is 267 g/mol. The smallest absolute Gasteiger partial charge is 0.355 e. The highest BCUT2D eigenvalue weighted by atomic mass is 127. The second kappa shape index (κ2) is 7.66. The van der Waals surface area contributed by atoms with Crippen molar-refractivity contribution in [1.29, 1.82) is 0 Å². The lowest BCUT2D eigenvalue weighted by Gasteiger charge is -1.98. The molecule has 0 heterocycles. The van der Waals surface area contributed by atoms with Gasteiger partial charge >= 0.3 is 6.09 Å². The summed E-state index contributed by atoms with van der Waals surface area (Å²) in [6.45, 7) is 2.70. The average Bonchev–Trinajstić information content (AvgIpc) is 2.01. The predicted molar refractivity (Wildman–Crippen MR) is 51.2 cm³/mol. The number of unbranched alkanes of at least 4 members (excludes halogenated alkanes) is 1. The molecular formula is C7H10INO2. The third-order valence-corrected chi connectivity index (χ3v) is 1.20. The maximum absolute atomic E-state index is 10.6. The van der Waals surface area contributed by atoms with E-state index in [1.807, 2.05) is 0 Å². The van der Waals surface area contributed by atoms with Crippen LogP contribution in [0.5, 0.6) is 0 Å². The van der Waals surface area contributed by atoms with E-state index in [1.165, 1.54) is 0 Å². The van der Waals surface area contributed by atoms with E-state index in [9.17, 15) is 4.79 Å². The Bertz CT molecular complexity index is 171. The van der Waals surface area contributed by atoms with Crippen molar-refractivity contribution in [2.45, 2.75) is 19.8 Å². The highest BCUT2D eigenvalue weighted by Crippen LogP contribution is 1.83. The summed E-state index contributed by atoms with van der Waals surface area (Å²) in [5.74, 6) is 0. The molecule has 0 aromatic carbocycles. The summed E-state index contributed by atoms with van der Waals surface area (Å²) < 4.78 is 6.85. The molecule has 0 aliphatic heterocycles. The van der Waals surface area contributed by atoms with Gasteiger partial charge in [-0.2, -0.15) is 0 Å². The highest BCUT2D eigenvalue weighted by molar-refractivity contribution is 14.1. The molecule has 0 bridgehead atoms. The lowest BCUT2D eigenvalue weighted by atomic mass is 10.3. The minimum Gasteiger partial charge on any atom is -0.355 e. The Hall–Kier alpha value is -0.440. The monoisotopic (exact) mass is 267 g/mol. The Morgan fingerprint density at radius 2 is 2.45 bits per heavy atom. The number of alkyl carbamates (subject to hydrolysis) is 1. The van der Waals surface area contributed by atoms with Gasteiger partial charge in [-0.25, -0.2) is 4.79 Å². The van der Waals surface area contributed by atoms with E-state index in [1.54, 1.807) is 22.6 Å². The van der Waals surface area contributed by atoms with Crippen molar-refractivity contribution in [3.05, 3.63) is 0 Å². The lowest BCUT2D eigenvalue weighted by Crippen LogP contribution is -2.23. The van der Waals surface area contributed by atoms with Crippen LogP contribution in [0.4, 0.5) is 4.79 Å². The third kappa shape index (κ3) is 7.46. The summed E-state index contributed by atoms with van der Waals surface area (Å²) in [6.07, 6.45) is 3.75. The molecule has 3 nitrogen and oxygen atoms in total. The summed E-state index contributed by atoms with van der Waals surface area (Å²) >= 11 is 1.80. The summed E-state index contributed by atoms with van der Waals surface area (Å²) in [5.41, 5.74) is 0. The minimum atomic E-state index is -0.470. The number of nitrogens with one attached hydrogen (secondary N) is 1. The van der Waals surface area contributed by atoms with Crippen LogP contribution in [-0.4, -0.2) is 12.6 Å². The van der Waals surface area contributed by atoms with E-state index in [0.717, 1.165) is 12.8 Å². The molecule has 0 radical (unpaired) electrons. The number of halogens is 1. The Balaban J connectivity index is 3.27. The van der Waals surface area contributed by atoms with E-state index in [0.29, 0.717) is 6.54 Å². The van der Waals surface area contributed by atoms with Gasteiger partial charge in [-0.1, -0.05) is 13.3 Å². The first-order chi connectivity index (χ1) is 5.31. The molecule has 11 heavy (non-hydrogen) atoms. The molecule has 62 valence electrons. The Labute approximate surface area is 80.0 Å². The van der Waals surface area contributed by atoms with Crippen LogP contribution >= 0.6 is 22.6 Å². The number of amides is 1. The topological polar surface area (TPSA) is 38.3 Å². The van der Waals surface area contributed by atoms with Gasteiger partial charge in [0.2, 0.25) is 0 Å². The van der Waals surface area contributed by atoms with Gasteiger partial charge in [0.15, 0.2) is 0 Å². The molecule has 0 rings (SSSR count). The maximum Gasteiger partial charge on any atom is 0.421 e. The van der Waals surface area contributed by atoms with E-state index in [2.05, 4.69) is 27.0 Å². The molecule has 1 amide bonds. The van der Waals surface area contributed by atoms with Crippen LogP contribution in [0.3, 0.4) is 0 Å². The minimum absolute atomic E-state index is 0.470. The molecule has 0 atom stereocenters. The molecule has 1 N–H and O–H groups in total. The van der Waals surface area contributed by atoms with Crippen LogP contribution in [0.1, 0.15) is 19.8 Å². The van der Waals surface area contributed by atoms with Crippen molar-refractivity contribution in [3.8, 4) is 10.0 Å². The summed E-state index contributed by atoms with van der Waals surface area (Å²) in [6, 6.07) is 0. The number of rotatable bonds is 3. The zero-order chi connectivity index (χ0) is 8.53. The molecule has 0 aromatic rings. The number of ether oxygens (including phenoxy) is 1. The normalized spacial score (nSPS) is 7.82. The molecule has 0 fully saturated rings. The summed E-state index contributed by atoms with van der Waals surface area (Å²) in [4.78, 5) is 10.6. The quantitative estimate of drug-likeness (QED) is 0.481. The van der Waals surface area contributed by atoms with Gasteiger partial charge in [-0.15, -0.1) is 0 Å². The fourth-order valence-corrected chi connectivity index (χ4v) is 0.579. The van der Waals surface area contributed by atoms with Crippen molar-refractivity contribution >= 4 is 28.7 Å². The highest BCUT2D eigenvalue weighted by Gasteiger charge is 1.96. The SMILES string of the molecule is CCCCNC(=O)OC#CI. The van der Waals surface area contributed by atoms with Gasteiger partial charge in [0, 0.05) is 33.1 Å². The largest absolute Gasteiger partial charge is 0.421 e.